The molecule has 2 heterocycles. The minimum atomic E-state index is -3.04. The van der Waals surface area contributed by atoms with Gasteiger partial charge in [0.1, 0.15) is 12.1 Å². The van der Waals surface area contributed by atoms with Crippen molar-refractivity contribution in [2.24, 2.45) is 4.99 Å². The number of hydrogen-bond acceptors (Lipinski definition) is 5. The third kappa shape index (κ3) is 8.23. The van der Waals surface area contributed by atoms with Gasteiger partial charge in [0, 0.05) is 49.6 Å². The second-order valence-electron chi connectivity index (χ2n) is 13.5. The van der Waals surface area contributed by atoms with Crippen molar-refractivity contribution in [3.05, 3.63) is 231 Å². The summed E-state index contributed by atoms with van der Waals surface area (Å²) >= 11 is 0. The monoisotopic (exact) mass is 807 g/mol. The van der Waals surface area contributed by atoms with Crippen LogP contribution in [0.15, 0.2) is 230 Å². The Balaban J connectivity index is 0.000000140. The number of aromatic nitrogens is 2. The van der Waals surface area contributed by atoms with E-state index in [0.717, 1.165) is 44.0 Å². The van der Waals surface area contributed by atoms with E-state index in [9.17, 15) is 13.5 Å². The van der Waals surface area contributed by atoms with Crippen LogP contribution >= 0.6 is 14.3 Å². The fourth-order valence-corrected chi connectivity index (χ4v) is 12.3. The molecule has 0 radical (unpaired) electrons. The number of anilines is 1. The molecule has 0 unspecified atom stereocenters. The second kappa shape index (κ2) is 17.6. The average Bonchev–Trinajstić information content (AvgIpc) is 3.98. The summed E-state index contributed by atoms with van der Waals surface area (Å²) in [6, 6.07) is 67.9. The SMILES string of the molecule is O=P(c1ccccc1)(c1ccccc1)c1cccc(-n2cnc3ccccc32)c1.O=P(c1ccccc1)(c1ccccc1)c1cccc(F)c1.[C+]1=Nc2ccccc2N1. The van der Waals surface area contributed by atoms with Gasteiger partial charge in [-0.1, -0.05) is 158 Å². The molecule has 9 aromatic rings. The van der Waals surface area contributed by atoms with Crippen LogP contribution in [0.2, 0.25) is 0 Å². The number of aliphatic imine (C=N–C) groups is 1. The first-order valence-electron chi connectivity index (χ1n) is 19.0. The van der Waals surface area contributed by atoms with Crippen molar-refractivity contribution in [2.45, 2.75) is 0 Å². The number of halogens is 1. The van der Waals surface area contributed by atoms with Gasteiger partial charge in [0.2, 0.25) is 11.4 Å². The maximum absolute atomic E-state index is 14.6. The first-order chi connectivity index (χ1) is 28.9. The van der Waals surface area contributed by atoms with E-state index in [1.165, 1.54) is 12.1 Å². The molecule has 0 amide bonds. The van der Waals surface area contributed by atoms with Crippen molar-refractivity contribution < 1.29 is 13.5 Å². The Bertz CT molecular complexity index is 2850. The number of nitrogens with one attached hydrogen (secondary N) is 1. The molecule has 286 valence electrons. The minimum Gasteiger partial charge on any atom is -0.309 e. The van der Waals surface area contributed by atoms with Crippen molar-refractivity contribution in [1.29, 1.82) is 0 Å². The van der Waals surface area contributed by atoms with Crippen LogP contribution in [0.4, 0.5) is 15.8 Å². The lowest BCUT2D eigenvalue weighted by atomic mass is 10.3. The quantitative estimate of drug-likeness (QED) is 0.129. The van der Waals surface area contributed by atoms with Crippen molar-refractivity contribution in [3.63, 3.8) is 0 Å². The molecule has 8 aromatic carbocycles. The predicted molar refractivity (Wildman–Crippen MR) is 243 cm³/mol. The number of nitrogens with zero attached hydrogens (tertiary/aromatic N) is 3. The fourth-order valence-electron chi connectivity index (χ4n) is 6.95. The molecule has 59 heavy (non-hydrogen) atoms. The number of benzene rings is 8. The van der Waals surface area contributed by atoms with Gasteiger partial charge in [0.15, 0.2) is 14.3 Å². The zero-order valence-corrected chi connectivity index (χ0v) is 33.6. The fraction of sp³-hybridized carbons (Fsp3) is 0. The van der Waals surface area contributed by atoms with E-state index in [0.29, 0.717) is 15.9 Å². The van der Waals surface area contributed by atoms with Gasteiger partial charge in [-0.05, 0) is 53.5 Å². The summed E-state index contributed by atoms with van der Waals surface area (Å²) in [6.07, 6.45) is 4.48. The molecule has 6 nitrogen and oxygen atoms in total. The van der Waals surface area contributed by atoms with E-state index in [1.54, 1.807) is 12.1 Å². The zero-order chi connectivity index (χ0) is 40.5. The average molecular weight is 808 g/mol. The first-order valence-corrected chi connectivity index (χ1v) is 22.4. The van der Waals surface area contributed by atoms with Crippen molar-refractivity contribution in [3.8, 4) is 5.69 Å². The van der Waals surface area contributed by atoms with Crippen LogP contribution in [-0.2, 0) is 9.13 Å². The molecule has 9 heteroatoms. The Morgan fingerprint density at radius 1 is 0.475 bits per heavy atom. The highest BCUT2D eigenvalue weighted by Crippen LogP contribution is 2.43. The van der Waals surface area contributed by atoms with Gasteiger partial charge in [-0.2, -0.15) is 5.32 Å². The van der Waals surface area contributed by atoms with Crippen molar-refractivity contribution in [1.82, 2.24) is 9.55 Å². The zero-order valence-electron chi connectivity index (χ0n) is 31.8. The highest BCUT2D eigenvalue weighted by molar-refractivity contribution is 7.85. The van der Waals surface area contributed by atoms with Gasteiger partial charge >= 0.3 is 0 Å². The Labute approximate surface area is 343 Å². The van der Waals surface area contributed by atoms with E-state index in [-0.39, 0.29) is 5.82 Å². The molecule has 0 saturated carbocycles. The molecule has 1 aliphatic heterocycles. The minimum absolute atomic E-state index is 0.375. The van der Waals surface area contributed by atoms with Gasteiger partial charge in [0.25, 0.3) is 6.34 Å². The standard InChI is InChI=1S/C25H19N2OP.C18H14FOP.C7H5N2/c28-29(21-11-3-1-4-12-21,22-13-5-2-6-14-22)23-15-9-10-20(18-23)27-19-26-24-16-7-8-17-25(24)27;19-15-8-7-13-18(14-15)21(20,16-9-3-1-4-10-16)17-11-5-2-6-12-17;1-2-4-7-6(3-1)8-5-9-7/h1-19H;1-14H;1-4H,(H,8,9)/q;;+1. The summed E-state index contributed by atoms with van der Waals surface area (Å²) < 4.78 is 44.0. The molecule has 10 rings (SSSR count). The molecule has 0 atom stereocenters. The van der Waals surface area contributed by atoms with Crippen LogP contribution in [-0.4, -0.2) is 15.9 Å². The lowest BCUT2D eigenvalue weighted by molar-refractivity contribution is 0.591. The maximum atomic E-state index is 14.6. The first kappa shape index (κ1) is 38.9. The number of imidazole rings is 1. The second-order valence-corrected chi connectivity index (χ2v) is 19.1. The number of hydrogen-bond donors (Lipinski definition) is 1. The topological polar surface area (TPSA) is 76.3 Å². The number of fused-ring (bicyclic) bond motifs is 2. The van der Waals surface area contributed by atoms with Gasteiger partial charge in [0.05, 0.1) is 11.0 Å². The molecule has 0 bridgehead atoms. The summed E-state index contributed by atoms with van der Waals surface area (Å²) in [4.78, 5) is 8.44. The van der Waals surface area contributed by atoms with Crippen LogP contribution < -0.4 is 37.1 Å². The van der Waals surface area contributed by atoms with Gasteiger partial charge in [-0.25, -0.2) is 9.37 Å². The van der Waals surface area contributed by atoms with Crippen LogP contribution in [0.5, 0.6) is 0 Å². The molecule has 0 saturated heterocycles. The van der Waals surface area contributed by atoms with Gasteiger partial charge in [-0.3, -0.25) is 4.57 Å². The van der Waals surface area contributed by atoms with Crippen molar-refractivity contribution in [2.75, 3.05) is 5.32 Å². The highest BCUT2D eigenvalue weighted by Gasteiger charge is 2.31. The summed E-state index contributed by atoms with van der Waals surface area (Å²) in [5.41, 5.74) is 4.92. The Morgan fingerprint density at radius 3 is 1.47 bits per heavy atom. The maximum Gasteiger partial charge on any atom is 0.254 e. The lowest BCUT2D eigenvalue weighted by Crippen LogP contribution is -2.25. The third-order valence-electron chi connectivity index (χ3n) is 9.85. The smallest absolute Gasteiger partial charge is 0.254 e. The van der Waals surface area contributed by atoms with E-state index in [4.69, 9.17) is 0 Å². The summed E-state index contributed by atoms with van der Waals surface area (Å²) in [5.74, 6) is -0.375. The molecular formula is C50H38FN4O2P2+. The summed E-state index contributed by atoms with van der Waals surface area (Å²) in [5, 5.41) is 7.29. The van der Waals surface area contributed by atoms with E-state index in [1.807, 2.05) is 205 Å². The molecule has 0 spiro atoms. The van der Waals surface area contributed by atoms with Crippen LogP contribution in [0.3, 0.4) is 0 Å². The predicted octanol–water partition coefficient (Wildman–Crippen LogP) is 9.78. The lowest BCUT2D eigenvalue weighted by Gasteiger charge is -2.20. The van der Waals surface area contributed by atoms with Gasteiger partial charge in [-0.15, -0.1) is 0 Å². The Hall–Kier alpha value is -7.00. The molecule has 0 fully saturated rings. The van der Waals surface area contributed by atoms with Crippen molar-refractivity contribution >= 4 is 74.9 Å². The van der Waals surface area contributed by atoms with E-state index >= 15 is 0 Å². The van der Waals surface area contributed by atoms with Crippen LogP contribution in [0.25, 0.3) is 16.7 Å². The van der Waals surface area contributed by atoms with E-state index < -0.39 is 14.3 Å². The molecule has 1 aromatic heterocycles. The normalized spacial score (nSPS) is 11.5. The van der Waals surface area contributed by atoms with Gasteiger partial charge < -0.3 is 9.13 Å². The molecule has 0 aliphatic carbocycles. The molecular weight excluding hydrogens is 770 g/mol. The van der Waals surface area contributed by atoms with E-state index in [2.05, 4.69) is 21.6 Å². The molecule has 1 N–H and O–H groups in total. The third-order valence-corrected chi connectivity index (χ3v) is 16.0. The van der Waals surface area contributed by atoms with Crippen LogP contribution in [0.1, 0.15) is 0 Å². The summed E-state index contributed by atoms with van der Waals surface area (Å²) in [7, 11) is -6.04. The highest BCUT2D eigenvalue weighted by atomic mass is 31.2. The molecule has 1 aliphatic rings. The summed E-state index contributed by atoms with van der Waals surface area (Å²) in [6.45, 7) is 0. The Kier molecular flexibility index (Phi) is 11.6. The largest absolute Gasteiger partial charge is 0.309 e. The number of para-hydroxylation sites is 4. The Morgan fingerprint density at radius 2 is 0.932 bits per heavy atom. The number of rotatable bonds is 7. The van der Waals surface area contributed by atoms with Crippen LogP contribution in [0, 0.1) is 5.82 Å².